The first-order chi connectivity index (χ1) is 46.3. The molecule has 0 radical (unpaired) electrons. The van der Waals surface area contributed by atoms with Crippen LogP contribution in [0.5, 0.6) is 0 Å². The highest BCUT2D eigenvalue weighted by molar-refractivity contribution is 7.26. The number of fused-ring (bicyclic) bond motifs is 12. The number of nitrogens with zero attached hydrogens (tertiary/aromatic N) is 8. The minimum absolute atomic E-state index is 0.213. The zero-order valence-corrected chi connectivity index (χ0v) is 51.3. The second-order valence-corrected chi connectivity index (χ2v) is 25.5. The van der Waals surface area contributed by atoms with Crippen molar-refractivity contribution >= 4 is 124 Å². The Balaban J connectivity index is 0.901. The van der Waals surface area contributed by atoms with Gasteiger partial charge in [-0.3, -0.25) is 0 Å². The summed E-state index contributed by atoms with van der Waals surface area (Å²) < 4.78 is 9.64. The van der Waals surface area contributed by atoms with E-state index >= 15 is 0 Å². The van der Waals surface area contributed by atoms with Crippen molar-refractivity contribution in [3.05, 3.63) is 306 Å². The summed E-state index contributed by atoms with van der Waals surface area (Å²) in [5, 5.41) is 40.8. The largest absolute Gasteiger partial charge is 0.309 e. The Labute approximate surface area is 547 Å². The van der Waals surface area contributed by atoms with E-state index in [0.29, 0.717) is 22.3 Å². The number of aromatic nitrogens is 2. The zero-order valence-electron chi connectivity index (χ0n) is 49.6. The second kappa shape index (κ2) is 21.8. The van der Waals surface area contributed by atoms with E-state index < -0.39 is 0 Å². The standard InChI is InChI=1S/C84H42N8S2/c1-88-58-38-56(47-86)83(57(39-58)48-87)54-16-12-14-52(36-54)67-40-66(51-28-32-60(33-29-51)92-76-23-9-5-19-62(76)70-43-72-64-21-7-11-25-80(64)94-82(72)45-78(70)92)68(53-15-13-17-55(37-53)84-73(89-2)34-49(46-85)35-74(84)90-3)41-65(67)50-26-30-59(31-27-50)91-75-22-8-4-18-61(75)69-42-71-63-20-6-10-24-79(63)93-81(71)44-77(69)91/h4-45H. The van der Waals surface area contributed by atoms with Gasteiger partial charge in [0.05, 0.1) is 71.1 Å². The predicted octanol–water partition coefficient (Wildman–Crippen LogP) is 23.9. The second-order valence-electron chi connectivity index (χ2n) is 23.3. The summed E-state index contributed by atoms with van der Waals surface area (Å²) in [5.41, 5.74) is 17.0. The molecule has 0 N–H and O–H groups in total. The Kier molecular flexibility index (Phi) is 12.8. The molecule has 0 unspecified atom stereocenters. The van der Waals surface area contributed by atoms with Crippen molar-refractivity contribution < 1.29 is 0 Å². The first-order valence-electron chi connectivity index (χ1n) is 30.3. The molecule has 0 atom stereocenters. The van der Waals surface area contributed by atoms with Gasteiger partial charge >= 0.3 is 0 Å². The fourth-order valence-corrected chi connectivity index (χ4v) is 16.3. The van der Waals surface area contributed by atoms with Crippen LogP contribution < -0.4 is 0 Å². The van der Waals surface area contributed by atoms with Gasteiger partial charge in [0.25, 0.3) is 0 Å². The van der Waals surface area contributed by atoms with Gasteiger partial charge in [-0.1, -0.05) is 133 Å². The normalized spacial score (nSPS) is 11.3. The SMILES string of the molecule is [C-]#[N+]c1cc(C#N)c(-c2cccc(-c3cc(-c4ccc(-n5c6ccccc6c6cc7c(cc65)sc5ccccc57)cc4)c(-c4cccc(-c5c([N+]#[C-])cc(C#N)cc5[N+]#[C-])c4)cc3-c3ccc(-n4c5ccccc5c5cc6c(cc54)sc4ccccc46)cc3)c2)c(C#N)c1. The minimum atomic E-state index is 0.213. The number of para-hydroxylation sites is 2. The van der Waals surface area contributed by atoms with E-state index in [1.165, 1.54) is 51.1 Å². The topological polar surface area (TPSA) is 94.3 Å². The lowest BCUT2D eigenvalue weighted by Crippen LogP contribution is -1.97. The Morgan fingerprint density at radius 3 is 1.15 bits per heavy atom. The van der Waals surface area contributed by atoms with Crippen molar-refractivity contribution in [2.24, 2.45) is 0 Å². The number of nitriles is 3. The molecule has 17 aromatic rings. The van der Waals surface area contributed by atoms with E-state index in [1.807, 2.05) is 36.4 Å². The molecule has 0 saturated heterocycles. The van der Waals surface area contributed by atoms with Crippen LogP contribution >= 0.6 is 22.7 Å². The summed E-state index contributed by atoms with van der Waals surface area (Å²) in [6.45, 7) is 24.4. The molecule has 0 amide bonds. The Hall–Kier alpha value is -13.2. The Morgan fingerprint density at radius 2 is 0.713 bits per heavy atom. The maximum Gasteiger partial charge on any atom is 0.189 e. The quantitative estimate of drug-likeness (QED) is 0.142. The van der Waals surface area contributed by atoms with Crippen LogP contribution in [0.2, 0.25) is 0 Å². The number of hydrogen-bond donors (Lipinski definition) is 0. The Bertz CT molecular complexity index is 5970. The van der Waals surface area contributed by atoms with E-state index in [-0.39, 0.29) is 33.8 Å². The average Bonchev–Trinajstić information content (AvgIpc) is 1.48. The fourth-order valence-electron chi connectivity index (χ4n) is 14.1. The molecule has 17 rings (SSSR count). The lowest BCUT2D eigenvalue weighted by Gasteiger charge is -2.20. The molecule has 0 aliphatic carbocycles. The molecule has 430 valence electrons. The molecule has 0 saturated carbocycles. The zero-order chi connectivity index (χ0) is 63.3. The van der Waals surface area contributed by atoms with Gasteiger partial charge in [0.2, 0.25) is 0 Å². The molecule has 10 heteroatoms. The van der Waals surface area contributed by atoms with Gasteiger partial charge in [0.15, 0.2) is 17.1 Å². The molecule has 0 fully saturated rings. The van der Waals surface area contributed by atoms with Crippen LogP contribution in [0.4, 0.5) is 17.1 Å². The molecular weight excluding hydrogens is 1190 g/mol. The summed E-state index contributed by atoms with van der Waals surface area (Å²) in [5.74, 6) is 0. The van der Waals surface area contributed by atoms with Crippen molar-refractivity contribution in [2.45, 2.75) is 0 Å². The number of hydrogen-bond acceptors (Lipinski definition) is 5. The maximum atomic E-state index is 10.6. The molecule has 0 bridgehead atoms. The first-order valence-corrected chi connectivity index (χ1v) is 31.9. The third-order valence-electron chi connectivity index (χ3n) is 18.3. The summed E-state index contributed by atoms with van der Waals surface area (Å²) in [4.78, 5) is 11.3. The molecule has 0 spiro atoms. The van der Waals surface area contributed by atoms with Crippen molar-refractivity contribution in [3.63, 3.8) is 0 Å². The van der Waals surface area contributed by atoms with Crippen LogP contribution in [0.3, 0.4) is 0 Å². The molecule has 13 aromatic carbocycles. The first kappa shape index (κ1) is 54.9. The summed E-state index contributed by atoms with van der Waals surface area (Å²) in [6, 6.07) is 94.4. The summed E-state index contributed by atoms with van der Waals surface area (Å²) >= 11 is 3.61. The highest BCUT2D eigenvalue weighted by atomic mass is 32.1. The summed E-state index contributed by atoms with van der Waals surface area (Å²) in [6.07, 6.45) is 0. The lowest BCUT2D eigenvalue weighted by atomic mass is 9.84. The van der Waals surface area contributed by atoms with Gasteiger partial charge in [0, 0.05) is 84.4 Å². The monoisotopic (exact) mass is 1230 g/mol. The van der Waals surface area contributed by atoms with Crippen molar-refractivity contribution in [1.29, 1.82) is 15.8 Å². The maximum absolute atomic E-state index is 10.6. The van der Waals surface area contributed by atoms with E-state index in [9.17, 15) is 15.8 Å². The highest BCUT2D eigenvalue weighted by Gasteiger charge is 2.24. The average molecular weight is 1230 g/mol. The van der Waals surface area contributed by atoms with Crippen LogP contribution in [0, 0.1) is 53.7 Å². The van der Waals surface area contributed by atoms with Crippen LogP contribution in [-0.4, -0.2) is 9.13 Å². The number of thiophene rings is 2. The van der Waals surface area contributed by atoms with E-state index in [2.05, 4.69) is 236 Å². The Morgan fingerprint density at radius 1 is 0.298 bits per heavy atom. The third kappa shape index (κ3) is 8.66. The molecule has 94 heavy (non-hydrogen) atoms. The van der Waals surface area contributed by atoms with E-state index in [0.717, 1.165) is 88.7 Å². The number of benzene rings is 13. The van der Waals surface area contributed by atoms with E-state index in [4.69, 9.17) is 19.7 Å². The van der Waals surface area contributed by atoms with Crippen molar-refractivity contribution in [3.8, 4) is 96.3 Å². The molecule has 4 aromatic heterocycles. The highest BCUT2D eigenvalue weighted by Crippen LogP contribution is 2.49. The molecular formula is C84H42N8S2. The van der Waals surface area contributed by atoms with E-state index in [1.54, 1.807) is 46.9 Å². The molecule has 4 heterocycles. The van der Waals surface area contributed by atoms with Crippen LogP contribution in [0.15, 0.2) is 255 Å². The third-order valence-corrected chi connectivity index (χ3v) is 20.5. The van der Waals surface area contributed by atoms with Crippen molar-refractivity contribution in [2.75, 3.05) is 0 Å². The van der Waals surface area contributed by atoms with Crippen molar-refractivity contribution in [1.82, 2.24) is 9.13 Å². The summed E-state index contributed by atoms with van der Waals surface area (Å²) in [7, 11) is 0. The molecule has 8 nitrogen and oxygen atoms in total. The van der Waals surface area contributed by atoms with Crippen LogP contribution in [0.1, 0.15) is 16.7 Å². The minimum Gasteiger partial charge on any atom is -0.309 e. The van der Waals surface area contributed by atoms with Gasteiger partial charge in [-0.15, -0.1) is 22.7 Å². The van der Waals surface area contributed by atoms with Gasteiger partial charge in [-0.2, -0.15) is 15.8 Å². The van der Waals surface area contributed by atoms with Gasteiger partial charge < -0.3 is 9.13 Å². The fraction of sp³-hybridized carbons (Fsp3) is 0. The molecule has 0 aliphatic rings. The van der Waals surface area contributed by atoms with Crippen LogP contribution in [-0.2, 0) is 0 Å². The molecule has 0 aliphatic heterocycles. The lowest BCUT2D eigenvalue weighted by molar-refractivity contribution is 1.18. The van der Waals surface area contributed by atoms with Gasteiger partial charge in [0.1, 0.15) is 0 Å². The predicted molar refractivity (Wildman–Crippen MR) is 386 cm³/mol. The van der Waals surface area contributed by atoms with Gasteiger partial charge in [-0.05, 0) is 183 Å². The smallest absolute Gasteiger partial charge is 0.189 e. The van der Waals surface area contributed by atoms with Gasteiger partial charge in [-0.25, -0.2) is 14.5 Å². The number of rotatable bonds is 8. The van der Waals surface area contributed by atoms with Crippen LogP contribution in [0.25, 0.3) is 177 Å².